The van der Waals surface area contributed by atoms with E-state index in [-0.39, 0.29) is 5.84 Å². The highest BCUT2D eigenvalue weighted by Crippen LogP contribution is 2.87. The average Bonchev–Trinajstić information content (AvgIpc) is 2.94. The minimum Gasteiger partial charge on any atom is -0.493 e. The topological polar surface area (TPSA) is 114 Å². The molecule has 2 heterocycles. The van der Waals surface area contributed by atoms with E-state index in [1.165, 1.54) is 11.8 Å². The SMILES string of the molecule is COc1ccc([C@]2(C)[C@]3(C#N)C(N)=N[C@@]4(OCCS4)[C@@]32C#N)cc1OC. The Morgan fingerprint density at radius 1 is 1.23 bits per heavy atom. The highest BCUT2D eigenvalue weighted by molar-refractivity contribution is 8.00. The van der Waals surface area contributed by atoms with Crippen LogP contribution in [0.25, 0.3) is 0 Å². The van der Waals surface area contributed by atoms with Gasteiger partial charge in [-0.05, 0) is 17.7 Å². The van der Waals surface area contributed by atoms with E-state index in [2.05, 4.69) is 17.1 Å². The maximum Gasteiger partial charge on any atom is 0.231 e. The molecule has 2 N–H and O–H groups in total. The Morgan fingerprint density at radius 3 is 2.50 bits per heavy atom. The van der Waals surface area contributed by atoms with Crippen LogP contribution in [0.5, 0.6) is 11.5 Å². The van der Waals surface area contributed by atoms with Gasteiger partial charge in [-0.2, -0.15) is 10.5 Å². The van der Waals surface area contributed by atoms with E-state index in [9.17, 15) is 10.5 Å². The summed E-state index contributed by atoms with van der Waals surface area (Å²) in [7, 11) is 3.10. The lowest BCUT2D eigenvalue weighted by atomic mass is 9.85. The van der Waals surface area contributed by atoms with E-state index in [4.69, 9.17) is 19.9 Å². The molecule has 3 aliphatic rings. The second-order valence-electron chi connectivity index (χ2n) is 6.69. The van der Waals surface area contributed by atoms with E-state index < -0.39 is 21.3 Å². The standard InChI is InChI=1S/C18H18N4O3S/c1-15(11-4-5-12(23-2)13(8-11)24-3)16(9-19)14(21)22-18(17(15,16)10-20)25-6-7-26-18/h4-5,8H,6-7H2,1-3H3,(H2,21,22)/t15-,16+,17-,18-/m1/s1. The molecule has 8 heteroatoms. The first-order chi connectivity index (χ1) is 12.4. The predicted octanol–water partition coefficient (Wildman–Crippen LogP) is 1.78. The largest absolute Gasteiger partial charge is 0.493 e. The van der Waals surface area contributed by atoms with Gasteiger partial charge in [0, 0.05) is 11.2 Å². The molecule has 1 saturated carbocycles. The number of methoxy groups -OCH3 is 2. The van der Waals surface area contributed by atoms with Gasteiger partial charge in [0.1, 0.15) is 5.84 Å². The molecule has 134 valence electrons. The summed E-state index contributed by atoms with van der Waals surface area (Å²) < 4.78 is 16.6. The van der Waals surface area contributed by atoms with Crippen molar-refractivity contribution in [1.29, 1.82) is 10.5 Å². The molecule has 1 aromatic rings. The van der Waals surface area contributed by atoms with Crippen LogP contribution in [0.4, 0.5) is 0 Å². The van der Waals surface area contributed by atoms with E-state index in [0.29, 0.717) is 23.9 Å². The van der Waals surface area contributed by atoms with Crippen molar-refractivity contribution in [2.24, 2.45) is 21.6 Å². The Bertz CT molecular complexity index is 914. The molecule has 0 bridgehead atoms. The first-order valence-corrected chi connectivity index (χ1v) is 9.12. The van der Waals surface area contributed by atoms with Gasteiger partial charge in [0.15, 0.2) is 22.3 Å². The van der Waals surface area contributed by atoms with Crippen molar-refractivity contribution >= 4 is 17.6 Å². The van der Waals surface area contributed by atoms with Crippen LogP contribution >= 0.6 is 11.8 Å². The molecular weight excluding hydrogens is 352 g/mol. The lowest BCUT2D eigenvalue weighted by molar-refractivity contribution is 0.0151. The number of amidine groups is 1. The van der Waals surface area contributed by atoms with Gasteiger partial charge in [0.25, 0.3) is 0 Å². The zero-order valence-electron chi connectivity index (χ0n) is 14.7. The summed E-state index contributed by atoms with van der Waals surface area (Å²) in [6.07, 6.45) is 0. The molecule has 2 aliphatic heterocycles. The first kappa shape index (κ1) is 17.0. The monoisotopic (exact) mass is 370 g/mol. The van der Waals surface area contributed by atoms with Crippen molar-refractivity contribution in [3.63, 3.8) is 0 Å². The molecule has 1 spiro atoms. The summed E-state index contributed by atoms with van der Waals surface area (Å²) in [4.78, 5) is 4.47. The summed E-state index contributed by atoms with van der Waals surface area (Å²) in [5, 5.41) is 19.2. The molecule has 26 heavy (non-hydrogen) atoms. The fourth-order valence-corrected chi connectivity index (χ4v) is 6.22. The Morgan fingerprint density at radius 2 is 1.96 bits per heavy atom. The molecule has 1 aromatic carbocycles. The molecule has 4 rings (SSSR count). The Balaban J connectivity index is 1.97. The molecule has 4 atom stereocenters. The molecule has 7 nitrogen and oxygen atoms in total. The van der Waals surface area contributed by atoms with Gasteiger partial charge in [0.05, 0.1) is 33.0 Å². The molecule has 0 radical (unpaired) electrons. The highest BCUT2D eigenvalue weighted by Gasteiger charge is 2.99. The maximum absolute atomic E-state index is 10.3. The van der Waals surface area contributed by atoms with Crippen LogP contribution in [0.15, 0.2) is 23.2 Å². The summed E-state index contributed by atoms with van der Waals surface area (Å²) in [5.74, 6) is 1.96. The number of aliphatic imine (C=N–C) groups is 1. The van der Waals surface area contributed by atoms with Gasteiger partial charge < -0.3 is 19.9 Å². The molecule has 0 amide bonds. The van der Waals surface area contributed by atoms with Gasteiger partial charge >= 0.3 is 0 Å². The fraction of sp³-hybridized carbons (Fsp3) is 0.500. The van der Waals surface area contributed by atoms with Crippen molar-refractivity contribution in [3.8, 4) is 23.6 Å². The van der Waals surface area contributed by atoms with Crippen LogP contribution in [-0.4, -0.2) is 37.5 Å². The van der Waals surface area contributed by atoms with E-state index >= 15 is 0 Å². The summed E-state index contributed by atoms with van der Waals surface area (Å²) >= 11 is 1.44. The normalized spacial score (nSPS) is 39.7. The molecule has 1 saturated heterocycles. The lowest BCUT2D eigenvalue weighted by Gasteiger charge is -2.30. The van der Waals surface area contributed by atoms with Crippen LogP contribution < -0.4 is 15.2 Å². The number of nitriles is 2. The summed E-state index contributed by atoms with van der Waals surface area (Å²) in [6.45, 7) is 2.35. The summed E-state index contributed by atoms with van der Waals surface area (Å²) in [5.41, 5.74) is 3.69. The van der Waals surface area contributed by atoms with Gasteiger partial charge in [-0.1, -0.05) is 24.8 Å². The van der Waals surface area contributed by atoms with Gasteiger partial charge in [-0.15, -0.1) is 0 Å². The molecule has 1 aliphatic carbocycles. The first-order valence-electron chi connectivity index (χ1n) is 8.13. The van der Waals surface area contributed by atoms with Crippen molar-refractivity contribution in [3.05, 3.63) is 23.8 Å². The van der Waals surface area contributed by atoms with Gasteiger partial charge in [-0.3, -0.25) is 0 Å². The number of nitrogens with two attached hydrogens (primary N) is 1. The quantitative estimate of drug-likeness (QED) is 0.862. The van der Waals surface area contributed by atoms with E-state index in [1.807, 2.05) is 13.0 Å². The van der Waals surface area contributed by atoms with Crippen LogP contribution in [0.3, 0.4) is 0 Å². The van der Waals surface area contributed by atoms with Crippen LogP contribution in [-0.2, 0) is 10.2 Å². The third-order valence-electron chi connectivity index (χ3n) is 6.10. The van der Waals surface area contributed by atoms with Crippen molar-refractivity contribution < 1.29 is 14.2 Å². The number of hydrogen-bond donors (Lipinski definition) is 1. The maximum atomic E-state index is 10.3. The average molecular weight is 370 g/mol. The Hall–Kier alpha value is -2.42. The third-order valence-corrected chi connectivity index (χ3v) is 7.38. The Kier molecular flexibility index (Phi) is 3.31. The highest BCUT2D eigenvalue weighted by atomic mass is 32.2. The number of fused-ring (bicyclic) bond motifs is 2. The predicted molar refractivity (Wildman–Crippen MR) is 95.8 cm³/mol. The number of ether oxygens (including phenoxy) is 3. The van der Waals surface area contributed by atoms with E-state index in [1.54, 1.807) is 26.4 Å². The number of benzene rings is 1. The second-order valence-corrected chi connectivity index (χ2v) is 7.94. The fourth-order valence-electron chi connectivity index (χ4n) is 4.83. The van der Waals surface area contributed by atoms with Crippen molar-refractivity contribution in [1.82, 2.24) is 0 Å². The molecule has 0 unspecified atom stereocenters. The smallest absolute Gasteiger partial charge is 0.231 e. The third kappa shape index (κ3) is 1.41. The lowest BCUT2D eigenvalue weighted by Crippen LogP contribution is -2.38. The number of nitrogens with zero attached hydrogens (tertiary/aromatic N) is 3. The minimum atomic E-state index is -1.24. The molecule has 0 aromatic heterocycles. The Labute approximate surface area is 155 Å². The van der Waals surface area contributed by atoms with Gasteiger partial charge in [0.2, 0.25) is 5.06 Å². The zero-order valence-corrected chi connectivity index (χ0v) is 15.5. The van der Waals surface area contributed by atoms with Crippen molar-refractivity contribution in [2.75, 3.05) is 26.6 Å². The van der Waals surface area contributed by atoms with Gasteiger partial charge in [-0.25, -0.2) is 4.99 Å². The van der Waals surface area contributed by atoms with Crippen LogP contribution in [0.1, 0.15) is 12.5 Å². The number of hydrogen-bond acceptors (Lipinski definition) is 8. The summed E-state index contributed by atoms with van der Waals surface area (Å²) in [6, 6.07) is 10.1. The molecular formula is C18H18N4O3S. The number of rotatable bonds is 3. The van der Waals surface area contributed by atoms with E-state index in [0.717, 1.165) is 5.56 Å². The molecule has 2 fully saturated rings. The van der Waals surface area contributed by atoms with Crippen LogP contribution in [0, 0.1) is 33.5 Å². The van der Waals surface area contributed by atoms with Crippen LogP contribution in [0.2, 0.25) is 0 Å². The zero-order chi connectivity index (χ0) is 18.8. The van der Waals surface area contributed by atoms with Crippen molar-refractivity contribution in [2.45, 2.75) is 17.4 Å². The second kappa shape index (κ2) is 5.06. The minimum absolute atomic E-state index is 0.160. The number of thioether (sulfide) groups is 1.